The van der Waals surface area contributed by atoms with E-state index in [1.165, 1.54) is 12.1 Å². The van der Waals surface area contributed by atoms with Gasteiger partial charge in [0.1, 0.15) is 5.82 Å². The maximum absolute atomic E-state index is 13.0. The number of nitrogens with zero attached hydrogens (tertiary/aromatic N) is 2. The quantitative estimate of drug-likeness (QED) is 0.797. The highest BCUT2D eigenvalue weighted by Crippen LogP contribution is 2.40. The number of ether oxygens (including phenoxy) is 1. The number of halogens is 1. The molecule has 1 atom stereocenters. The molecule has 5 nitrogen and oxygen atoms in total. The topological polar surface area (TPSA) is 49.9 Å². The summed E-state index contributed by atoms with van der Waals surface area (Å²) in [6.45, 7) is 3.80. The first-order valence-corrected chi connectivity index (χ1v) is 10.4. The Bertz CT molecular complexity index is 707. The highest BCUT2D eigenvalue weighted by Gasteiger charge is 2.42. The summed E-state index contributed by atoms with van der Waals surface area (Å²) in [6.07, 6.45) is 6.05. The lowest BCUT2D eigenvalue weighted by atomic mass is 9.72. The van der Waals surface area contributed by atoms with Gasteiger partial charge in [0.25, 0.3) is 0 Å². The van der Waals surface area contributed by atoms with Crippen LogP contribution in [0.3, 0.4) is 0 Å². The van der Waals surface area contributed by atoms with Crippen molar-refractivity contribution in [1.29, 1.82) is 0 Å². The molecule has 4 rings (SSSR count). The van der Waals surface area contributed by atoms with E-state index in [1.54, 1.807) is 12.1 Å². The molecule has 0 bridgehead atoms. The Morgan fingerprint density at radius 2 is 1.93 bits per heavy atom. The molecule has 0 radical (unpaired) electrons. The van der Waals surface area contributed by atoms with E-state index in [1.807, 2.05) is 9.80 Å². The Labute approximate surface area is 165 Å². The van der Waals surface area contributed by atoms with Crippen molar-refractivity contribution in [2.75, 3.05) is 32.8 Å². The van der Waals surface area contributed by atoms with Crippen LogP contribution in [0.2, 0.25) is 0 Å². The van der Waals surface area contributed by atoms with Gasteiger partial charge in [0.2, 0.25) is 11.8 Å². The smallest absolute Gasteiger partial charge is 0.226 e. The molecule has 1 unspecified atom stereocenters. The van der Waals surface area contributed by atoms with Gasteiger partial charge in [0.15, 0.2) is 0 Å². The summed E-state index contributed by atoms with van der Waals surface area (Å²) in [5, 5.41) is 0. The number of piperidine rings is 2. The Kier molecular flexibility index (Phi) is 5.67. The van der Waals surface area contributed by atoms with Crippen LogP contribution in [0.4, 0.5) is 4.39 Å². The van der Waals surface area contributed by atoms with Gasteiger partial charge in [-0.05, 0) is 55.2 Å². The molecule has 2 amide bonds. The van der Waals surface area contributed by atoms with E-state index >= 15 is 0 Å². The number of carbonyl (C=O) groups excluding carboxylic acids is 2. The molecule has 0 aliphatic carbocycles. The van der Waals surface area contributed by atoms with Gasteiger partial charge in [-0.25, -0.2) is 4.39 Å². The molecule has 3 aliphatic heterocycles. The first kappa shape index (κ1) is 19.4. The number of likely N-dealkylation sites (tertiary alicyclic amines) is 2. The number of carbonyl (C=O) groups is 2. The Morgan fingerprint density at radius 1 is 1.18 bits per heavy atom. The third kappa shape index (κ3) is 4.37. The zero-order chi connectivity index (χ0) is 19.6. The van der Waals surface area contributed by atoms with Crippen molar-refractivity contribution in [2.45, 2.75) is 51.0 Å². The van der Waals surface area contributed by atoms with Gasteiger partial charge in [0.05, 0.1) is 12.5 Å². The van der Waals surface area contributed by atoms with Crippen molar-refractivity contribution in [3.05, 3.63) is 35.6 Å². The zero-order valence-electron chi connectivity index (χ0n) is 16.4. The highest BCUT2D eigenvalue weighted by molar-refractivity contribution is 5.79. The van der Waals surface area contributed by atoms with Crippen molar-refractivity contribution in [3.8, 4) is 0 Å². The van der Waals surface area contributed by atoms with Crippen molar-refractivity contribution in [1.82, 2.24) is 9.80 Å². The number of hydrogen-bond acceptors (Lipinski definition) is 3. The SMILES string of the molecule is O=C(Cc1ccc(F)cc1)N1CCC2(CCC(=O)N(CC3CCCO3)C2)CC1. The standard InChI is InChI=1S/C22H29FN2O3/c23-18-5-3-17(4-6-18)14-21(27)24-11-9-22(10-12-24)8-7-20(26)25(16-22)15-19-2-1-13-28-19/h3-6,19H,1-2,7-16H2. The molecule has 3 fully saturated rings. The van der Waals surface area contributed by atoms with Gasteiger partial charge < -0.3 is 14.5 Å². The van der Waals surface area contributed by atoms with Crippen LogP contribution in [0.25, 0.3) is 0 Å². The van der Waals surface area contributed by atoms with Crippen LogP contribution in [0.1, 0.15) is 44.1 Å². The fourth-order valence-corrected chi connectivity index (χ4v) is 4.83. The average molecular weight is 388 g/mol. The predicted molar refractivity (Wildman–Crippen MR) is 103 cm³/mol. The second kappa shape index (κ2) is 8.19. The predicted octanol–water partition coefficient (Wildman–Crippen LogP) is 2.78. The zero-order valence-corrected chi connectivity index (χ0v) is 16.4. The lowest BCUT2D eigenvalue weighted by Crippen LogP contribution is -2.53. The van der Waals surface area contributed by atoms with E-state index < -0.39 is 0 Å². The van der Waals surface area contributed by atoms with E-state index in [-0.39, 0.29) is 29.2 Å². The van der Waals surface area contributed by atoms with Gasteiger partial charge in [-0.2, -0.15) is 0 Å². The number of benzene rings is 1. The van der Waals surface area contributed by atoms with Crippen LogP contribution in [-0.2, 0) is 20.7 Å². The van der Waals surface area contributed by atoms with Gasteiger partial charge in [-0.1, -0.05) is 12.1 Å². The number of amides is 2. The molecule has 1 aromatic rings. The molecular formula is C22H29FN2O3. The second-order valence-electron chi connectivity index (χ2n) is 8.59. The summed E-state index contributed by atoms with van der Waals surface area (Å²) in [5.41, 5.74) is 0.983. The van der Waals surface area contributed by atoms with Crippen LogP contribution in [0, 0.1) is 11.2 Å². The Morgan fingerprint density at radius 3 is 2.61 bits per heavy atom. The first-order chi connectivity index (χ1) is 13.5. The molecular weight excluding hydrogens is 359 g/mol. The van der Waals surface area contributed by atoms with Crippen LogP contribution in [0.15, 0.2) is 24.3 Å². The molecule has 152 valence electrons. The van der Waals surface area contributed by atoms with Crippen molar-refractivity contribution in [2.24, 2.45) is 5.41 Å². The molecule has 6 heteroatoms. The third-order valence-corrected chi connectivity index (χ3v) is 6.64. The minimum atomic E-state index is -0.282. The summed E-state index contributed by atoms with van der Waals surface area (Å²) in [4.78, 5) is 28.9. The van der Waals surface area contributed by atoms with E-state index in [0.717, 1.165) is 63.9 Å². The molecule has 3 saturated heterocycles. The fourth-order valence-electron chi connectivity index (χ4n) is 4.83. The maximum Gasteiger partial charge on any atom is 0.226 e. The number of hydrogen-bond donors (Lipinski definition) is 0. The largest absolute Gasteiger partial charge is 0.376 e. The van der Waals surface area contributed by atoms with Crippen LogP contribution in [-0.4, -0.2) is 60.5 Å². The van der Waals surface area contributed by atoms with Crippen LogP contribution < -0.4 is 0 Å². The van der Waals surface area contributed by atoms with Gasteiger partial charge in [-0.15, -0.1) is 0 Å². The van der Waals surface area contributed by atoms with E-state index in [9.17, 15) is 14.0 Å². The van der Waals surface area contributed by atoms with Gasteiger partial charge in [-0.3, -0.25) is 9.59 Å². The summed E-state index contributed by atoms with van der Waals surface area (Å²) in [7, 11) is 0. The lowest BCUT2D eigenvalue weighted by Gasteiger charge is -2.47. The third-order valence-electron chi connectivity index (χ3n) is 6.64. The molecule has 3 aliphatic rings. The fraction of sp³-hybridized carbons (Fsp3) is 0.636. The summed E-state index contributed by atoms with van der Waals surface area (Å²) in [6, 6.07) is 6.15. The first-order valence-electron chi connectivity index (χ1n) is 10.4. The summed E-state index contributed by atoms with van der Waals surface area (Å²) < 4.78 is 18.8. The van der Waals surface area contributed by atoms with E-state index in [4.69, 9.17) is 4.74 Å². The lowest BCUT2D eigenvalue weighted by molar-refractivity contribution is -0.143. The minimum absolute atomic E-state index is 0.101. The Hall–Kier alpha value is -1.95. The van der Waals surface area contributed by atoms with Crippen LogP contribution >= 0.6 is 0 Å². The summed E-state index contributed by atoms with van der Waals surface area (Å²) in [5.74, 6) is 0.0658. The van der Waals surface area contributed by atoms with Crippen LogP contribution in [0.5, 0.6) is 0 Å². The van der Waals surface area contributed by atoms with Crippen molar-refractivity contribution < 1.29 is 18.7 Å². The van der Waals surface area contributed by atoms with Crippen molar-refractivity contribution >= 4 is 11.8 Å². The molecule has 1 spiro atoms. The van der Waals surface area contributed by atoms with Gasteiger partial charge >= 0.3 is 0 Å². The number of rotatable bonds is 4. The summed E-state index contributed by atoms with van der Waals surface area (Å²) >= 11 is 0. The molecule has 0 saturated carbocycles. The van der Waals surface area contributed by atoms with E-state index in [0.29, 0.717) is 19.4 Å². The monoisotopic (exact) mass is 388 g/mol. The average Bonchev–Trinajstić information content (AvgIpc) is 3.20. The van der Waals surface area contributed by atoms with Gasteiger partial charge in [0, 0.05) is 39.2 Å². The Balaban J connectivity index is 1.31. The maximum atomic E-state index is 13.0. The molecule has 3 heterocycles. The molecule has 0 aromatic heterocycles. The molecule has 1 aromatic carbocycles. The van der Waals surface area contributed by atoms with E-state index in [2.05, 4.69) is 0 Å². The normalized spacial score (nSPS) is 24.8. The minimum Gasteiger partial charge on any atom is -0.376 e. The molecule has 0 N–H and O–H groups in total. The highest BCUT2D eigenvalue weighted by atomic mass is 19.1. The van der Waals surface area contributed by atoms with Crippen molar-refractivity contribution in [3.63, 3.8) is 0 Å². The molecule has 28 heavy (non-hydrogen) atoms. The second-order valence-corrected chi connectivity index (χ2v) is 8.59.